The maximum Gasteiger partial charge on any atom is 0.262 e. The zero-order valence-electron chi connectivity index (χ0n) is 12.2. The van der Waals surface area contributed by atoms with Crippen molar-refractivity contribution in [1.82, 2.24) is 10.9 Å². The highest BCUT2D eigenvalue weighted by Gasteiger charge is 2.51. The summed E-state index contributed by atoms with van der Waals surface area (Å²) in [6, 6.07) is 0. The SMILES string of the molecule is C/C=C/C(=O)NNC(=O)CC12CC3CC(CC(C3)C1)C2. The molecule has 4 heteroatoms. The van der Waals surface area contributed by atoms with Gasteiger partial charge in [0.15, 0.2) is 0 Å². The Morgan fingerprint density at radius 3 is 2.10 bits per heavy atom. The van der Waals surface area contributed by atoms with Crippen molar-refractivity contribution in [2.75, 3.05) is 0 Å². The molecule has 0 aromatic carbocycles. The Labute approximate surface area is 120 Å². The number of hydrazine groups is 1. The lowest BCUT2D eigenvalue weighted by atomic mass is 9.49. The summed E-state index contributed by atoms with van der Waals surface area (Å²) in [6.45, 7) is 1.77. The number of nitrogens with one attached hydrogen (secondary N) is 2. The zero-order valence-corrected chi connectivity index (χ0v) is 12.2. The molecule has 0 aromatic rings. The number of hydrogen-bond donors (Lipinski definition) is 2. The van der Waals surface area contributed by atoms with Crippen molar-refractivity contribution in [3.8, 4) is 0 Å². The Kier molecular flexibility index (Phi) is 3.57. The minimum absolute atomic E-state index is 0.0372. The molecule has 4 aliphatic carbocycles. The van der Waals surface area contributed by atoms with E-state index in [2.05, 4.69) is 10.9 Å². The molecule has 0 atom stereocenters. The average molecular weight is 276 g/mol. The highest BCUT2D eigenvalue weighted by atomic mass is 16.2. The Morgan fingerprint density at radius 1 is 1.05 bits per heavy atom. The van der Waals surface area contributed by atoms with Crippen LogP contribution >= 0.6 is 0 Å². The minimum Gasteiger partial charge on any atom is -0.273 e. The fourth-order valence-electron chi connectivity index (χ4n) is 5.22. The van der Waals surface area contributed by atoms with Crippen molar-refractivity contribution < 1.29 is 9.59 Å². The Balaban J connectivity index is 1.55. The van der Waals surface area contributed by atoms with Crippen molar-refractivity contribution in [3.05, 3.63) is 12.2 Å². The smallest absolute Gasteiger partial charge is 0.262 e. The highest BCUT2D eigenvalue weighted by molar-refractivity contribution is 5.89. The molecule has 110 valence electrons. The number of hydrogen-bond acceptors (Lipinski definition) is 2. The predicted molar refractivity (Wildman–Crippen MR) is 76.3 cm³/mol. The number of allylic oxidation sites excluding steroid dienone is 1. The van der Waals surface area contributed by atoms with Gasteiger partial charge in [-0.05, 0) is 68.6 Å². The molecular weight excluding hydrogens is 252 g/mol. The summed E-state index contributed by atoms with van der Waals surface area (Å²) in [7, 11) is 0. The monoisotopic (exact) mass is 276 g/mol. The molecule has 0 spiro atoms. The van der Waals surface area contributed by atoms with Crippen LogP contribution in [0.25, 0.3) is 0 Å². The maximum atomic E-state index is 12.1. The lowest BCUT2D eigenvalue weighted by Gasteiger charge is -2.56. The standard InChI is InChI=1S/C16H24N2O2/c1-2-3-14(19)17-18-15(20)10-16-7-11-4-12(8-16)6-13(5-11)9-16/h2-3,11-13H,4-10H2,1H3,(H,17,19)(H,18,20)/b3-2+. The molecule has 0 aromatic heterocycles. The molecular formula is C16H24N2O2. The van der Waals surface area contributed by atoms with E-state index in [-0.39, 0.29) is 17.2 Å². The molecule has 4 aliphatic rings. The fraction of sp³-hybridized carbons (Fsp3) is 0.750. The van der Waals surface area contributed by atoms with Gasteiger partial charge >= 0.3 is 0 Å². The van der Waals surface area contributed by atoms with Gasteiger partial charge in [-0.1, -0.05) is 6.08 Å². The molecule has 4 nitrogen and oxygen atoms in total. The summed E-state index contributed by atoms with van der Waals surface area (Å²) in [5, 5.41) is 0. The average Bonchev–Trinajstić information content (AvgIpc) is 2.34. The van der Waals surface area contributed by atoms with Gasteiger partial charge in [0.25, 0.3) is 5.91 Å². The molecule has 0 aliphatic heterocycles. The Bertz CT molecular complexity index is 406. The van der Waals surface area contributed by atoms with Crippen LogP contribution in [-0.4, -0.2) is 11.8 Å². The van der Waals surface area contributed by atoms with Crippen molar-refractivity contribution in [3.63, 3.8) is 0 Å². The van der Waals surface area contributed by atoms with E-state index >= 15 is 0 Å². The second-order valence-corrected chi connectivity index (χ2v) is 7.13. The maximum absolute atomic E-state index is 12.1. The van der Waals surface area contributed by atoms with Crippen LogP contribution in [0, 0.1) is 23.2 Å². The second-order valence-electron chi connectivity index (χ2n) is 7.13. The summed E-state index contributed by atoms with van der Waals surface area (Å²) in [6.07, 6.45) is 11.5. The van der Waals surface area contributed by atoms with Gasteiger partial charge in [0.05, 0.1) is 0 Å². The van der Waals surface area contributed by atoms with Crippen LogP contribution in [0.3, 0.4) is 0 Å². The van der Waals surface area contributed by atoms with Crippen LogP contribution in [0.5, 0.6) is 0 Å². The van der Waals surface area contributed by atoms with E-state index in [1.807, 2.05) is 0 Å². The minimum atomic E-state index is -0.272. The van der Waals surface area contributed by atoms with Crippen molar-refractivity contribution in [1.29, 1.82) is 0 Å². The summed E-state index contributed by atoms with van der Waals surface area (Å²) < 4.78 is 0. The van der Waals surface area contributed by atoms with Crippen LogP contribution in [-0.2, 0) is 9.59 Å². The van der Waals surface area contributed by atoms with Gasteiger partial charge in [0.2, 0.25) is 5.91 Å². The molecule has 2 amide bonds. The molecule has 4 bridgehead atoms. The summed E-state index contributed by atoms with van der Waals surface area (Å²) in [5.41, 5.74) is 5.22. The number of carbonyl (C=O) groups excluding carboxylic acids is 2. The molecule has 4 saturated carbocycles. The van der Waals surface area contributed by atoms with E-state index in [9.17, 15) is 9.59 Å². The van der Waals surface area contributed by atoms with Gasteiger partial charge < -0.3 is 0 Å². The molecule has 2 N–H and O–H groups in total. The van der Waals surface area contributed by atoms with E-state index in [0.29, 0.717) is 6.42 Å². The van der Waals surface area contributed by atoms with Gasteiger partial charge in [0, 0.05) is 12.5 Å². The van der Waals surface area contributed by atoms with E-state index < -0.39 is 0 Å². The van der Waals surface area contributed by atoms with E-state index in [1.54, 1.807) is 13.0 Å². The lowest BCUT2D eigenvalue weighted by Crippen LogP contribution is -2.49. The third kappa shape index (κ3) is 2.74. The van der Waals surface area contributed by atoms with Gasteiger partial charge in [-0.3, -0.25) is 20.4 Å². The van der Waals surface area contributed by atoms with Crippen molar-refractivity contribution in [2.45, 2.75) is 51.9 Å². The second kappa shape index (κ2) is 5.23. The summed E-state index contributed by atoms with van der Waals surface area (Å²) >= 11 is 0. The Hall–Kier alpha value is -1.32. The first kappa shape index (κ1) is 13.7. The zero-order chi connectivity index (χ0) is 14.2. The third-order valence-electron chi connectivity index (χ3n) is 5.34. The summed E-state index contributed by atoms with van der Waals surface area (Å²) in [4.78, 5) is 23.4. The van der Waals surface area contributed by atoms with Crippen molar-refractivity contribution >= 4 is 11.8 Å². The van der Waals surface area contributed by atoms with Crippen LogP contribution in [0.15, 0.2) is 12.2 Å². The topological polar surface area (TPSA) is 58.2 Å². The Morgan fingerprint density at radius 2 is 1.60 bits per heavy atom. The molecule has 4 fully saturated rings. The number of carbonyl (C=O) groups is 2. The summed E-state index contributed by atoms with van der Waals surface area (Å²) in [5.74, 6) is 2.25. The van der Waals surface area contributed by atoms with Crippen LogP contribution in [0.4, 0.5) is 0 Å². The van der Waals surface area contributed by atoms with Crippen LogP contribution < -0.4 is 10.9 Å². The largest absolute Gasteiger partial charge is 0.273 e. The van der Waals surface area contributed by atoms with Crippen molar-refractivity contribution in [2.24, 2.45) is 23.2 Å². The predicted octanol–water partition coefficient (Wildman–Crippen LogP) is 2.32. The van der Waals surface area contributed by atoms with E-state index in [4.69, 9.17) is 0 Å². The van der Waals surface area contributed by atoms with Crippen LogP contribution in [0.2, 0.25) is 0 Å². The number of rotatable bonds is 3. The molecule has 0 saturated heterocycles. The molecule has 4 rings (SSSR count). The lowest BCUT2D eigenvalue weighted by molar-refractivity contribution is -0.133. The van der Waals surface area contributed by atoms with Gasteiger partial charge in [-0.2, -0.15) is 0 Å². The van der Waals surface area contributed by atoms with Gasteiger partial charge in [-0.25, -0.2) is 0 Å². The fourth-order valence-corrected chi connectivity index (χ4v) is 5.22. The quantitative estimate of drug-likeness (QED) is 0.614. The van der Waals surface area contributed by atoms with Crippen LogP contribution in [0.1, 0.15) is 51.9 Å². The molecule has 0 radical (unpaired) electrons. The first-order valence-corrected chi connectivity index (χ1v) is 7.80. The molecule has 0 heterocycles. The third-order valence-corrected chi connectivity index (χ3v) is 5.34. The van der Waals surface area contributed by atoms with Gasteiger partial charge in [0.1, 0.15) is 0 Å². The normalized spacial score (nSPS) is 38.1. The first-order chi connectivity index (χ1) is 9.58. The molecule has 20 heavy (non-hydrogen) atoms. The first-order valence-electron chi connectivity index (χ1n) is 7.80. The number of amides is 2. The highest BCUT2D eigenvalue weighted by Crippen LogP contribution is 2.61. The van der Waals surface area contributed by atoms with Gasteiger partial charge in [-0.15, -0.1) is 0 Å². The van der Waals surface area contributed by atoms with E-state index in [0.717, 1.165) is 17.8 Å². The van der Waals surface area contributed by atoms with E-state index in [1.165, 1.54) is 44.6 Å². The molecule has 0 unspecified atom stereocenters.